The van der Waals surface area contributed by atoms with E-state index in [1.165, 1.54) is 13.2 Å². The number of amides is 1. The first-order chi connectivity index (χ1) is 12.1. The Morgan fingerprint density at radius 3 is 2.27 bits per heavy atom. The van der Waals surface area contributed by atoms with Gasteiger partial charge in [0.1, 0.15) is 11.9 Å². The molecule has 0 radical (unpaired) electrons. The minimum atomic E-state index is -0.387. The van der Waals surface area contributed by atoms with E-state index in [1.807, 2.05) is 52.8 Å². The smallest absolute Gasteiger partial charge is 0.870 e. The number of benzene rings is 2. The zero-order valence-corrected chi connectivity index (χ0v) is 19.9. The number of fused-ring (bicyclic) bond motifs is 1. The van der Waals surface area contributed by atoms with Gasteiger partial charge in [0.2, 0.25) is 0 Å². The van der Waals surface area contributed by atoms with Crippen LogP contribution in [0, 0.1) is 6.92 Å². The molecular formula is C20H27KN2O3. The van der Waals surface area contributed by atoms with Crippen LogP contribution in [0.5, 0.6) is 11.5 Å². The van der Waals surface area contributed by atoms with Gasteiger partial charge in [0.15, 0.2) is 0 Å². The summed E-state index contributed by atoms with van der Waals surface area (Å²) in [6.45, 7) is 9.94. The second-order valence-corrected chi connectivity index (χ2v) is 5.01. The Labute approximate surface area is 199 Å². The van der Waals surface area contributed by atoms with Gasteiger partial charge in [-0.15, -0.1) is 0 Å². The number of nitrogens with one attached hydrogen (secondary N) is 2. The molecule has 1 amide bonds. The van der Waals surface area contributed by atoms with E-state index in [9.17, 15) is 9.90 Å². The predicted octanol–water partition coefficient (Wildman–Crippen LogP) is 0.988. The fourth-order valence-corrected chi connectivity index (χ4v) is 2.40. The van der Waals surface area contributed by atoms with Gasteiger partial charge in [-0.3, -0.25) is 4.79 Å². The van der Waals surface area contributed by atoms with Gasteiger partial charge in [0, 0.05) is 5.69 Å². The number of carbonyl (C=O) groups excluding carboxylic acids is 1. The first-order valence-electron chi connectivity index (χ1n) is 8.61. The molecule has 5 nitrogen and oxygen atoms in total. The Kier molecular flexibility index (Phi) is 11.9. The summed E-state index contributed by atoms with van der Waals surface area (Å²) < 4.78 is 5.04. The minimum Gasteiger partial charge on any atom is -0.870 e. The van der Waals surface area contributed by atoms with Gasteiger partial charge in [-0.2, -0.15) is 0 Å². The largest absolute Gasteiger partial charge is 1.00 e. The van der Waals surface area contributed by atoms with Crippen molar-refractivity contribution in [3.8, 4) is 11.5 Å². The average molecular weight is 383 g/mol. The van der Waals surface area contributed by atoms with Gasteiger partial charge in [-0.25, -0.2) is 0 Å². The number of aryl methyl sites for hydroxylation is 1. The van der Waals surface area contributed by atoms with Crippen molar-refractivity contribution < 1.29 is 66.0 Å². The molecule has 0 aliphatic carbocycles. The third-order valence-corrected chi connectivity index (χ3v) is 3.52. The second-order valence-electron chi connectivity index (χ2n) is 5.01. The molecule has 1 aliphatic rings. The molecule has 26 heavy (non-hydrogen) atoms. The Balaban J connectivity index is 0.00000117. The molecule has 1 unspecified atom stereocenters. The summed E-state index contributed by atoms with van der Waals surface area (Å²) in [5, 5.41) is 17.7. The van der Waals surface area contributed by atoms with E-state index in [0.717, 1.165) is 16.8 Å². The summed E-state index contributed by atoms with van der Waals surface area (Å²) in [5.74, 6) is -0.0553. The summed E-state index contributed by atoms with van der Waals surface area (Å²) >= 11 is 0. The number of carbonyl (C=O) groups is 1. The van der Waals surface area contributed by atoms with E-state index in [-0.39, 0.29) is 75.0 Å². The number of rotatable bonds is 2. The fourth-order valence-electron chi connectivity index (χ4n) is 2.40. The standard InChI is InChI=1S/C16H16N2O3.2C2H6.K/c1-9-3-5-12-11(7-9)16(20)18-15(17-12)10-4-6-13(19)14(8-10)21-2;2*1-2;/h3-8,15,17,19H,1-2H3,(H,18,20);2*1-2H3;/q;;;+1/p-1. The number of ether oxygens (including phenoxy) is 1. The first-order valence-corrected chi connectivity index (χ1v) is 8.61. The van der Waals surface area contributed by atoms with Gasteiger partial charge in [-0.1, -0.05) is 57.2 Å². The van der Waals surface area contributed by atoms with Gasteiger partial charge in [0.05, 0.1) is 12.7 Å². The van der Waals surface area contributed by atoms with Gasteiger partial charge >= 0.3 is 51.4 Å². The number of hydrogen-bond acceptors (Lipinski definition) is 4. The Bertz CT molecular complexity index is 720. The molecule has 0 saturated heterocycles. The molecule has 2 aromatic carbocycles. The quantitative estimate of drug-likeness (QED) is 0.760. The zero-order chi connectivity index (χ0) is 19.0. The molecule has 1 aliphatic heterocycles. The summed E-state index contributed by atoms with van der Waals surface area (Å²) in [6.07, 6.45) is -0.387. The van der Waals surface area contributed by atoms with Crippen LogP contribution >= 0.6 is 0 Å². The van der Waals surface area contributed by atoms with Gasteiger partial charge < -0.3 is 20.5 Å². The third-order valence-electron chi connectivity index (χ3n) is 3.52. The van der Waals surface area contributed by atoms with Crippen LogP contribution in [-0.2, 0) is 0 Å². The monoisotopic (exact) mass is 382 g/mol. The van der Waals surface area contributed by atoms with Crippen molar-refractivity contribution in [1.82, 2.24) is 5.32 Å². The SMILES string of the molecule is CC.CC.COc1cc(C2NC(=O)c3cc(C)ccc3N2)ccc1[O-].[K+]. The van der Waals surface area contributed by atoms with Crippen LogP contribution in [0.15, 0.2) is 36.4 Å². The van der Waals surface area contributed by atoms with E-state index in [4.69, 9.17) is 4.74 Å². The van der Waals surface area contributed by atoms with Crippen molar-refractivity contribution in [3.05, 3.63) is 53.1 Å². The summed E-state index contributed by atoms with van der Waals surface area (Å²) in [4.78, 5) is 12.2. The zero-order valence-electron chi connectivity index (χ0n) is 16.8. The molecule has 1 heterocycles. The maximum absolute atomic E-state index is 12.2. The van der Waals surface area contributed by atoms with Crippen LogP contribution in [0.3, 0.4) is 0 Å². The summed E-state index contributed by atoms with van der Waals surface area (Å²) in [7, 11) is 1.45. The van der Waals surface area contributed by atoms with Crippen LogP contribution < -0.4 is 71.9 Å². The topological polar surface area (TPSA) is 73.4 Å². The van der Waals surface area contributed by atoms with E-state index >= 15 is 0 Å². The molecule has 3 rings (SSSR count). The number of methoxy groups -OCH3 is 1. The van der Waals surface area contributed by atoms with Crippen molar-refractivity contribution in [2.24, 2.45) is 0 Å². The molecule has 136 valence electrons. The first kappa shape index (κ1) is 24.9. The predicted molar refractivity (Wildman–Crippen MR) is 100 cm³/mol. The van der Waals surface area contributed by atoms with Gasteiger partial charge in [-0.05, 0) is 30.7 Å². The van der Waals surface area contributed by atoms with Crippen molar-refractivity contribution in [1.29, 1.82) is 0 Å². The van der Waals surface area contributed by atoms with Crippen molar-refractivity contribution in [3.63, 3.8) is 0 Å². The Morgan fingerprint density at radius 2 is 1.65 bits per heavy atom. The number of hydrogen-bond donors (Lipinski definition) is 2. The van der Waals surface area contributed by atoms with Crippen LogP contribution in [-0.4, -0.2) is 13.0 Å². The van der Waals surface area contributed by atoms with E-state index in [1.54, 1.807) is 12.1 Å². The molecule has 0 aromatic heterocycles. The molecule has 2 N–H and O–H groups in total. The molecule has 6 heteroatoms. The van der Waals surface area contributed by atoms with Crippen LogP contribution in [0.1, 0.15) is 55.3 Å². The molecule has 0 spiro atoms. The minimum absolute atomic E-state index is 0. The normalized spacial score (nSPS) is 13.9. The molecule has 0 bridgehead atoms. The summed E-state index contributed by atoms with van der Waals surface area (Å²) in [6, 6.07) is 10.4. The van der Waals surface area contributed by atoms with Gasteiger partial charge in [0.25, 0.3) is 5.91 Å². The molecule has 2 aromatic rings. The van der Waals surface area contributed by atoms with Crippen molar-refractivity contribution in [2.75, 3.05) is 12.4 Å². The Hall–Kier alpha value is -1.05. The maximum atomic E-state index is 12.2. The second kappa shape index (κ2) is 12.4. The van der Waals surface area contributed by atoms with Crippen LogP contribution in [0.4, 0.5) is 5.69 Å². The Morgan fingerprint density at radius 1 is 1.00 bits per heavy atom. The third kappa shape index (κ3) is 5.99. The van der Waals surface area contributed by atoms with Crippen LogP contribution in [0.2, 0.25) is 0 Å². The molecule has 0 saturated carbocycles. The molecule has 1 atom stereocenters. The number of anilines is 1. The van der Waals surface area contributed by atoms with Crippen molar-refractivity contribution in [2.45, 2.75) is 40.8 Å². The molecular weight excluding hydrogens is 355 g/mol. The van der Waals surface area contributed by atoms with Crippen LogP contribution in [0.25, 0.3) is 0 Å². The summed E-state index contributed by atoms with van der Waals surface area (Å²) in [5.41, 5.74) is 3.20. The van der Waals surface area contributed by atoms with Crippen molar-refractivity contribution >= 4 is 11.6 Å². The fraction of sp³-hybridized carbons (Fsp3) is 0.350. The van der Waals surface area contributed by atoms with E-state index < -0.39 is 0 Å². The average Bonchev–Trinajstić information content (AvgIpc) is 2.66. The maximum Gasteiger partial charge on any atom is 1.00 e. The molecule has 0 fully saturated rings. The van der Waals surface area contributed by atoms with E-state index in [2.05, 4.69) is 10.6 Å². The van der Waals surface area contributed by atoms with E-state index in [0.29, 0.717) is 5.56 Å².